The van der Waals surface area contributed by atoms with Crippen molar-refractivity contribution in [1.29, 1.82) is 0 Å². The van der Waals surface area contributed by atoms with Gasteiger partial charge < -0.3 is 14.9 Å². The van der Waals surface area contributed by atoms with Gasteiger partial charge in [-0.3, -0.25) is 4.79 Å². The molecule has 0 saturated carbocycles. The molecule has 1 aliphatic rings. The number of nitrogens with zero attached hydrogens (tertiary/aromatic N) is 3. The lowest BCUT2D eigenvalue weighted by Gasteiger charge is -2.32. The largest absolute Gasteiger partial charge is 0.465 e. The van der Waals surface area contributed by atoms with E-state index in [-0.39, 0.29) is 5.91 Å². The van der Waals surface area contributed by atoms with Crippen molar-refractivity contribution in [3.05, 3.63) is 28.5 Å². The second kappa shape index (κ2) is 5.34. The van der Waals surface area contributed by atoms with Crippen molar-refractivity contribution in [1.82, 2.24) is 14.8 Å². The van der Waals surface area contributed by atoms with Crippen LogP contribution in [0.4, 0.5) is 4.79 Å². The number of hydrogen-bond acceptors (Lipinski definition) is 3. The molecule has 0 aromatic carbocycles. The SMILES string of the molecule is O=C(O)N1CCN(C(=O)c2cccc(Br)n2)CC1. The van der Waals surface area contributed by atoms with Gasteiger partial charge >= 0.3 is 6.09 Å². The van der Waals surface area contributed by atoms with Crippen LogP contribution < -0.4 is 0 Å². The molecule has 2 rings (SSSR count). The summed E-state index contributed by atoms with van der Waals surface area (Å²) in [6, 6.07) is 5.15. The second-order valence-corrected chi connectivity index (χ2v) is 4.72. The molecule has 0 unspecified atom stereocenters. The highest BCUT2D eigenvalue weighted by molar-refractivity contribution is 9.10. The maximum absolute atomic E-state index is 12.1. The summed E-state index contributed by atoms with van der Waals surface area (Å²) in [6.07, 6.45) is -0.942. The van der Waals surface area contributed by atoms with Crippen LogP contribution in [0.15, 0.2) is 22.8 Å². The normalized spacial score (nSPS) is 15.6. The Morgan fingerprint density at radius 2 is 1.78 bits per heavy atom. The first-order chi connectivity index (χ1) is 8.58. The van der Waals surface area contributed by atoms with Gasteiger partial charge in [0, 0.05) is 26.2 Å². The number of carbonyl (C=O) groups excluding carboxylic acids is 1. The van der Waals surface area contributed by atoms with E-state index in [9.17, 15) is 9.59 Å². The molecule has 0 spiro atoms. The van der Waals surface area contributed by atoms with E-state index in [0.29, 0.717) is 36.5 Å². The number of pyridine rings is 1. The van der Waals surface area contributed by atoms with Gasteiger partial charge in [0.15, 0.2) is 0 Å². The average Bonchev–Trinajstić information content (AvgIpc) is 2.38. The smallest absolute Gasteiger partial charge is 0.407 e. The predicted molar refractivity (Wildman–Crippen MR) is 67.4 cm³/mol. The molecule has 2 amide bonds. The summed E-state index contributed by atoms with van der Waals surface area (Å²) >= 11 is 3.22. The molecule has 1 aliphatic heterocycles. The number of aromatic nitrogens is 1. The van der Waals surface area contributed by atoms with Gasteiger partial charge in [0.25, 0.3) is 5.91 Å². The lowest BCUT2D eigenvalue weighted by atomic mass is 10.2. The molecular formula is C11H12BrN3O3. The molecule has 7 heteroatoms. The molecule has 96 valence electrons. The fourth-order valence-corrected chi connectivity index (χ4v) is 2.13. The van der Waals surface area contributed by atoms with E-state index in [4.69, 9.17) is 5.11 Å². The fourth-order valence-electron chi connectivity index (χ4n) is 1.79. The Labute approximate surface area is 112 Å². The highest BCUT2D eigenvalue weighted by Crippen LogP contribution is 2.10. The van der Waals surface area contributed by atoms with Crippen molar-refractivity contribution >= 4 is 27.9 Å². The Hall–Kier alpha value is -1.63. The van der Waals surface area contributed by atoms with Gasteiger partial charge in [-0.15, -0.1) is 0 Å². The van der Waals surface area contributed by atoms with Crippen molar-refractivity contribution < 1.29 is 14.7 Å². The molecule has 0 aliphatic carbocycles. The third-order valence-electron chi connectivity index (χ3n) is 2.77. The maximum atomic E-state index is 12.1. The molecule has 2 heterocycles. The maximum Gasteiger partial charge on any atom is 0.407 e. The van der Waals surface area contributed by atoms with Crippen LogP contribution in [-0.4, -0.2) is 58.1 Å². The lowest BCUT2D eigenvalue weighted by Crippen LogP contribution is -2.50. The van der Waals surface area contributed by atoms with E-state index in [0.717, 1.165) is 0 Å². The van der Waals surface area contributed by atoms with Crippen molar-refractivity contribution in [2.45, 2.75) is 0 Å². The monoisotopic (exact) mass is 313 g/mol. The molecule has 0 bridgehead atoms. The van der Waals surface area contributed by atoms with Gasteiger partial charge in [-0.2, -0.15) is 0 Å². The summed E-state index contributed by atoms with van der Waals surface area (Å²) in [5.41, 5.74) is 0.369. The summed E-state index contributed by atoms with van der Waals surface area (Å²) in [5, 5.41) is 8.82. The van der Waals surface area contributed by atoms with Crippen LogP contribution in [-0.2, 0) is 0 Å². The minimum absolute atomic E-state index is 0.165. The molecule has 1 fully saturated rings. The van der Waals surface area contributed by atoms with Gasteiger partial charge in [-0.1, -0.05) is 6.07 Å². The summed E-state index contributed by atoms with van der Waals surface area (Å²) < 4.78 is 0.609. The molecule has 6 nitrogen and oxygen atoms in total. The second-order valence-electron chi connectivity index (χ2n) is 3.91. The Balaban J connectivity index is 2.02. The summed E-state index contributed by atoms with van der Waals surface area (Å²) in [5.74, 6) is -0.165. The van der Waals surface area contributed by atoms with Crippen LogP contribution in [0.1, 0.15) is 10.5 Å². The Bertz CT molecular complexity index is 472. The number of carboxylic acid groups (broad SMARTS) is 1. The van der Waals surface area contributed by atoms with Crippen LogP contribution >= 0.6 is 15.9 Å². The van der Waals surface area contributed by atoms with Gasteiger partial charge in [-0.25, -0.2) is 9.78 Å². The first-order valence-electron chi connectivity index (χ1n) is 5.47. The van der Waals surface area contributed by atoms with Crippen LogP contribution in [0.2, 0.25) is 0 Å². The molecular weight excluding hydrogens is 302 g/mol. The number of piperazine rings is 1. The standard InChI is InChI=1S/C11H12BrN3O3/c12-9-3-1-2-8(13-9)10(16)14-4-6-15(7-5-14)11(17)18/h1-3H,4-7H2,(H,17,18). The van der Waals surface area contributed by atoms with E-state index in [1.807, 2.05) is 0 Å². The van der Waals surface area contributed by atoms with Crippen molar-refractivity contribution in [2.24, 2.45) is 0 Å². The van der Waals surface area contributed by atoms with Crippen LogP contribution in [0.3, 0.4) is 0 Å². The first kappa shape index (κ1) is 12.8. The van der Waals surface area contributed by atoms with E-state index in [1.165, 1.54) is 4.90 Å². The minimum atomic E-state index is -0.942. The zero-order chi connectivity index (χ0) is 13.1. The zero-order valence-electron chi connectivity index (χ0n) is 9.54. The highest BCUT2D eigenvalue weighted by Gasteiger charge is 2.24. The molecule has 0 atom stereocenters. The zero-order valence-corrected chi connectivity index (χ0v) is 11.1. The Kier molecular flexibility index (Phi) is 3.81. The molecule has 1 N–H and O–H groups in total. The molecule has 1 aromatic heterocycles. The van der Waals surface area contributed by atoms with E-state index in [1.54, 1.807) is 23.1 Å². The van der Waals surface area contributed by atoms with Gasteiger partial charge in [0.05, 0.1) is 0 Å². The third-order valence-corrected chi connectivity index (χ3v) is 3.21. The molecule has 0 radical (unpaired) electrons. The number of rotatable bonds is 1. The van der Waals surface area contributed by atoms with E-state index >= 15 is 0 Å². The Morgan fingerprint density at radius 1 is 1.17 bits per heavy atom. The summed E-state index contributed by atoms with van der Waals surface area (Å²) in [6.45, 7) is 1.49. The molecule has 1 saturated heterocycles. The van der Waals surface area contributed by atoms with Gasteiger partial charge in [-0.05, 0) is 28.1 Å². The number of carbonyl (C=O) groups is 2. The van der Waals surface area contributed by atoms with Crippen LogP contribution in [0, 0.1) is 0 Å². The molecule has 18 heavy (non-hydrogen) atoms. The predicted octanol–water partition coefficient (Wildman–Crippen LogP) is 1.28. The number of hydrogen-bond donors (Lipinski definition) is 1. The average molecular weight is 314 g/mol. The van der Waals surface area contributed by atoms with Gasteiger partial charge in [0.2, 0.25) is 0 Å². The van der Waals surface area contributed by atoms with Crippen LogP contribution in [0.25, 0.3) is 0 Å². The van der Waals surface area contributed by atoms with Crippen molar-refractivity contribution in [3.63, 3.8) is 0 Å². The number of amides is 2. The Morgan fingerprint density at radius 3 is 2.33 bits per heavy atom. The third kappa shape index (κ3) is 2.79. The van der Waals surface area contributed by atoms with Gasteiger partial charge in [0.1, 0.15) is 10.3 Å². The van der Waals surface area contributed by atoms with Crippen molar-refractivity contribution in [2.75, 3.05) is 26.2 Å². The number of halogens is 1. The fraction of sp³-hybridized carbons (Fsp3) is 0.364. The summed E-state index contributed by atoms with van der Waals surface area (Å²) in [4.78, 5) is 29.9. The quantitative estimate of drug-likeness (QED) is 0.793. The minimum Gasteiger partial charge on any atom is -0.465 e. The summed E-state index contributed by atoms with van der Waals surface area (Å²) in [7, 11) is 0. The molecule has 1 aromatic rings. The van der Waals surface area contributed by atoms with Crippen molar-refractivity contribution in [3.8, 4) is 0 Å². The first-order valence-corrected chi connectivity index (χ1v) is 6.27. The topological polar surface area (TPSA) is 73.7 Å². The van der Waals surface area contributed by atoms with E-state index in [2.05, 4.69) is 20.9 Å². The van der Waals surface area contributed by atoms with Crippen LogP contribution in [0.5, 0.6) is 0 Å². The lowest BCUT2D eigenvalue weighted by molar-refractivity contribution is 0.0619. The highest BCUT2D eigenvalue weighted by atomic mass is 79.9. The van der Waals surface area contributed by atoms with E-state index < -0.39 is 6.09 Å².